The number of hydrogen-bond acceptors (Lipinski definition) is 0. The number of hydrogen-bond donors (Lipinski definition) is 1. The molecule has 0 aliphatic carbocycles. The molecule has 0 radical (unpaired) electrons. The molecule has 1 heteroatoms. The van der Waals surface area contributed by atoms with Crippen LogP contribution in [0.25, 0.3) is 0 Å². The summed E-state index contributed by atoms with van der Waals surface area (Å²) < 4.78 is 0. The second-order valence-electron chi connectivity index (χ2n) is 2.82. The van der Waals surface area contributed by atoms with Crippen molar-refractivity contribution in [3.63, 3.8) is 0 Å². The Hall–Kier alpha value is -1.24. The third kappa shape index (κ3) is 2.79. The van der Waals surface area contributed by atoms with Gasteiger partial charge in [-0.3, -0.25) is 0 Å². The summed E-state index contributed by atoms with van der Waals surface area (Å²) >= 11 is 0. The predicted molar refractivity (Wildman–Crippen MR) is 52.5 cm³/mol. The molecule has 0 fully saturated rings. The Balaban J connectivity index is 3.17. The maximum atomic E-state index is 3.22. The fourth-order valence-corrected chi connectivity index (χ4v) is 0.974. The minimum atomic E-state index is 1.04. The van der Waals surface area contributed by atoms with Gasteiger partial charge in [0.05, 0.1) is 0 Å². The highest BCUT2D eigenvalue weighted by molar-refractivity contribution is 5.11. The topological polar surface area (TPSA) is 15.8 Å². The molecule has 0 atom stereocenters. The highest BCUT2D eigenvalue weighted by atomic mass is 14.6. The van der Waals surface area contributed by atoms with Crippen LogP contribution in [-0.4, -0.2) is 4.98 Å². The van der Waals surface area contributed by atoms with Crippen LogP contribution in [0.15, 0.2) is 36.5 Å². The van der Waals surface area contributed by atoms with Crippen LogP contribution in [0.1, 0.15) is 18.2 Å². The quantitative estimate of drug-likeness (QED) is 0.651. The lowest BCUT2D eigenvalue weighted by molar-refractivity contribution is 1.04. The zero-order chi connectivity index (χ0) is 8.81. The van der Waals surface area contributed by atoms with Crippen molar-refractivity contribution in [2.75, 3.05) is 0 Å². The van der Waals surface area contributed by atoms with E-state index in [0.29, 0.717) is 0 Å². The Kier molecular flexibility index (Phi) is 3.39. The lowest BCUT2D eigenvalue weighted by Crippen LogP contribution is -1.79. The fraction of sp³-hybridized carbons (Fsp3) is 0.273. The average molecular weight is 161 g/mol. The molecule has 0 aromatic carbocycles. The van der Waals surface area contributed by atoms with Crippen LogP contribution in [0.4, 0.5) is 0 Å². The molecule has 0 unspecified atom stereocenters. The third-order valence-corrected chi connectivity index (χ3v) is 1.76. The van der Waals surface area contributed by atoms with E-state index in [2.05, 4.69) is 37.0 Å². The summed E-state index contributed by atoms with van der Waals surface area (Å²) in [6, 6.07) is 10.4. The van der Waals surface area contributed by atoms with E-state index in [-0.39, 0.29) is 0 Å². The molecule has 0 aliphatic rings. The molecule has 0 saturated carbocycles. The molecular weight excluding hydrogens is 146 g/mol. The van der Waals surface area contributed by atoms with Crippen molar-refractivity contribution in [1.29, 1.82) is 0 Å². The highest BCUT2D eigenvalue weighted by Crippen LogP contribution is 1.95. The van der Waals surface area contributed by atoms with Gasteiger partial charge in [-0.25, -0.2) is 0 Å². The van der Waals surface area contributed by atoms with Gasteiger partial charge >= 0.3 is 0 Å². The minimum absolute atomic E-state index is 1.04. The first kappa shape index (κ1) is 8.85. The molecule has 12 heavy (non-hydrogen) atoms. The second kappa shape index (κ2) is 4.60. The predicted octanol–water partition coefficient (Wildman–Crippen LogP) is 3.01. The summed E-state index contributed by atoms with van der Waals surface area (Å²) in [6.45, 7) is 4.24. The zero-order valence-electron chi connectivity index (χ0n) is 7.67. The molecule has 64 valence electrons. The lowest BCUT2D eigenvalue weighted by Gasteiger charge is -1.89. The minimum Gasteiger partial charge on any atom is -0.365 e. The first-order valence-corrected chi connectivity index (χ1v) is 4.30. The van der Waals surface area contributed by atoms with E-state index in [0.717, 1.165) is 6.42 Å². The van der Waals surface area contributed by atoms with Gasteiger partial charge in [-0.2, -0.15) is 0 Å². The van der Waals surface area contributed by atoms with Crippen molar-refractivity contribution in [3.05, 3.63) is 47.8 Å². The Morgan fingerprint density at radius 2 is 2.00 bits per heavy atom. The van der Waals surface area contributed by atoms with Gasteiger partial charge in [0.2, 0.25) is 0 Å². The third-order valence-electron chi connectivity index (χ3n) is 1.76. The van der Waals surface area contributed by atoms with E-state index < -0.39 is 0 Å². The van der Waals surface area contributed by atoms with Gasteiger partial charge in [0.25, 0.3) is 0 Å². The van der Waals surface area contributed by atoms with Crippen LogP contribution in [-0.2, 0) is 6.42 Å². The van der Waals surface area contributed by atoms with Crippen LogP contribution < -0.4 is 0 Å². The normalized spacial score (nSPS) is 9.17. The molecule has 0 amide bonds. The van der Waals surface area contributed by atoms with Crippen molar-refractivity contribution >= 4 is 0 Å². The van der Waals surface area contributed by atoms with Gasteiger partial charge in [0.15, 0.2) is 0 Å². The zero-order valence-corrected chi connectivity index (χ0v) is 7.67. The number of aryl methyl sites for hydroxylation is 2. The molecular formula is C11H15N. The average Bonchev–Trinajstić information content (AvgIpc) is 2.17. The number of nitrogens with one attached hydrogen (secondary N) is 1. The van der Waals surface area contributed by atoms with Gasteiger partial charge in [0, 0.05) is 11.9 Å². The van der Waals surface area contributed by atoms with E-state index in [1.807, 2.05) is 18.3 Å². The van der Waals surface area contributed by atoms with Crippen LogP contribution >= 0.6 is 0 Å². The van der Waals surface area contributed by atoms with Crippen molar-refractivity contribution in [1.82, 2.24) is 4.98 Å². The molecule has 0 aliphatic heterocycles. The Bertz CT molecular complexity index is 285. The number of H-pyrrole nitrogens is 1. The van der Waals surface area contributed by atoms with E-state index >= 15 is 0 Å². The Labute approximate surface area is 73.8 Å². The largest absolute Gasteiger partial charge is 0.365 e. The Morgan fingerprint density at radius 1 is 1.17 bits per heavy atom. The molecule has 0 spiro atoms. The maximum Gasteiger partial charge on any atom is 0.0143 e. The van der Waals surface area contributed by atoms with E-state index in [9.17, 15) is 0 Å². The van der Waals surface area contributed by atoms with Crippen LogP contribution in [0.5, 0.6) is 0 Å². The van der Waals surface area contributed by atoms with Crippen LogP contribution in [0.3, 0.4) is 0 Å². The van der Waals surface area contributed by atoms with Gasteiger partial charge in [-0.05, 0) is 25.5 Å². The number of aromatic nitrogens is 1. The maximum absolute atomic E-state index is 3.22. The van der Waals surface area contributed by atoms with Gasteiger partial charge in [-0.1, -0.05) is 30.7 Å². The molecule has 1 aromatic rings. The monoisotopic (exact) mass is 161 g/mol. The van der Waals surface area contributed by atoms with Crippen molar-refractivity contribution < 1.29 is 0 Å². The molecule has 1 nitrogen and oxygen atoms in total. The van der Waals surface area contributed by atoms with E-state index in [1.54, 1.807) is 0 Å². The Morgan fingerprint density at radius 3 is 2.75 bits per heavy atom. The number of rotatable bonds is 1. The molecule has 0 saturated heterocycles. The summed E-state index contributed by atoms with van der Waals surface area (Å²) in [6.07, 6.45) is 2.99. The van der Waals surface area contributed by atoms with Crippen molar-refractivity contribution in [2.45, 2.75) is 20.3 Å². The van der Waals surface area contributed by atoms with Crippen LogP contribution in [0, 0.1) is 6.92 Å². The second-order valence-corrected chi connectivity index (χ2v) is 2.82. The molecule has 1 N–H and O–H groups in total. The molecule has 0 bridgehead atoms. The molecule has 1 heterocycles. The molecule has 1 aromatic heterocycles. The lowest BCUT2D eigenvalue weighted by atomic mass is 10.3. The van der Waals surface area contributed by atoms with E-state index in [4.69, 9.17) is 0 Å². The van der Waals surface area contributed by atoms with Gasteiger partial charge in [0.1, 0.15) is 0 Å². The summed E-state index contributed by atoms with van der Waals surface area (Å²) in [5.74, 6) is 0. The summed E-state index contributed by atoms with van der Waals surface area (Å²) in [7, 11) is 0. The van der Waals surface area contributed by atoms with Gasteiger partial charge < -0.3 is 4.98 Å². The van der Waals surface area contributed by atoms with Crippen molar-refractivity contribution in [2.24, 2.45) is 0 Å². The molecule has 1 rings (SSSR count). The summed E-state index contributed by atoms with van der Waals surface area (Å²) in [4.78, 5) is 3.22. The van der Waals surface area contributed by atoms with E-state index in [1.165, 1.54) is 11.3 Å². The van der Waals surface area contributed by atoms with Crippen LogP contribution in [0.2, 0.25) is 0 Å². The fourth-order valence-electron chi connectivity index (χ4n) is 0.974. The first-order valence-electron chi connectivity index (χ1n) is 4.30. The standard InChI is InChI=1S/C11H15N/c1-3-11-8-7-10(2)6-4-5-9-12-11/h4-9,12H,3H2,1-2H3. The highest BCUT2D eigenvalue weighted by Gasteiger charge is 1.80. The number of aromatic amines is 1. The SMILES string of the molecule is CCc1ccc(C)cccc[nH]1. The van der Waals surface area contributed by atoms with Gasteiger partial charge in [-0.15, -0.1) is 0 Å². The smallest absolute Gasteiger partial charge is 0.0143 e. The van der Waals surface area contributed by atoms with Crippen molar-refractivity contribution in [3.8, 4) is 0 Å². The first-order chi connectivity index (χ1) is 5.83. The summed E-state index contributed by atoms with van der Waals surface area (Å²) in [5, 5.41) is 0. The summed E-state index contributed by atoms with van der Waals surface area (Å²) in [5.41, 5.74) is 2.52.